The average Bonchev–Trinajstić information content (AvgIpc) is 2.77. The van der Waals surface area contributed by atoms with Gasteiger partial charge in [0, 0.05) is 17.7 Å². The third kappa shape index (κ3) is 6.60. The molecule has 34 heavy (non-hydrogen) atoms. The lowest BCUT2D eigenvalue weighted by Gasteiger charge is -2.24. The molecule has 2 rings (SSSR count). The first kappa shape index (κ1) is 27.4. The monoisotopic (exact) mass is 533 g/mol. The van der Waals surface area contributed by atoms with Crippen LogP contribution in [0.3, 0.4) is 0 Å². The minimum Gasteiger partial charge on any atom is -0.489 e. The summed E-state index contributed by atoms with van der Waals surface area (Å²) in [4.78, 5) is 16.7. The fraction of sp³-hybridized carbons (Fsp3) is 0.300. The molecule has 1 unspecified atom stereocenters. The molecule has 0 fully saturated rings. The van der Waals surface area contributed by atoms with Crippen molar-refractivity contribution in [2.75, 3.05) is 14.2 Å². The van der Waals surface area contributed by atoms with E-state index in [9.17, 15) is 31.1 Å². The molecule has 0 N–H and O–H groups in total. The van der Waals surface area contributed by atoms with Gasteiger partial charge in [0.15, 0.2) is 11.5 Å². The Labute approximate surface area is 198 Å². The molecule has 2 aromatic rings. The molecule has 6 nitrogen and oxygen atoms in total. The first-order chi connectivity index (χ1) is 15.8. The number of hydrogen-bond donors (Lipinski definition) is 0. The number of nitrogens with zero attached hydrogens (tertiary/aromatic N) is 1. The van der Waals surface area contributed by atoms with E-state index in [0.717, 1.165) is 19.2 Å². The normalized spacial score (nSPS) is 13.3. The van der Waals surface area contributed by atoms with Gasteiger partial charge in [-0.2, -0.15) is 22.0 Å². The molecule has 0 aromatic heterocycles. The van der Waals surface area contributed by atoms with Gasteiger partial charge in [-0.15, -0.1) is 0 Å². The molecule has 2 aromatic carbocycles. The number of alkyl halides is 6. The number of esters is 1. The molecule has 0 radical (unpaired) electrons. The van der Waals surface area contributed by atoms with Gasteiger partial charge in [-0.1, -0.05) is 52.6 Å². The number of carbonyl (C=O) groups excluding carboxylic acids is 1. The number of oxime groups is 1. The lowest BCUT2D eigenvalue weighted by molar-refractivity contribution is -0.304. The highest BCUT2D eigenvalue weighted by atomic mass is 35.5. The van der Waals surface area contributed by atoms with Crippen molar-refractivity contribution in [3.05, 3.63) is 57.6 Å². The van der Waals surface area contributed by atoms with E-state index in [1.807, 2.05) is 0 Å². The molecular formula is C20H15Cl2F6NO5. The maximum atomic E-state index is 13.6. The highest BCUT2D eigenvalue weighted by Gasteiger charge is 2.59. The Kier molecular flexibility index (Phi) is 8.89. The molecule has 0 aliphatic carbocycles. The van der Waals surface area contributed by atoms with Gasteiger partial charge in [0.1, 0.15) is 19.5 Å². The van der Waals surface area contributed by atoms with Crippen molar-refractivity contribution >= 4 is 34.9 Å². The smallest absolute Gasteiger partial charge is 0.439 e. The second-order valence-electron chi connectivity index (χ2n) is 6.34. The van der Waals surface area contributed by atoms with Gasteiger partial charge >= 0.3 is 18.3 Å². The predicted octanol–water partition coefficient (Wildman–Crippen LogP) is 5.97. The molecule has 0 heterocycles. The van der Waals surface area contributed by atoms with Crippen LogP contribution in [0.4, 0.5) is 26.3 Å². The molecule has 0 amide bonds. The summed E-state index contributed by atoms with van der Waals surface area (Å²) in [5.41, 5.74) is 0.527. The van der Waals surface area contributed by atoms with Crippen LogP contribution in [-0.2, 0) is 21.0 Å². The minimum atomic E-state index is -5.88. The summed E-state index contributed by atoms with van der Waals surface area (Å²) in [6.07, 6.45) is -15.8. The standard InChI is InChI=1S/C20H15Cl2F6NO5/c1-31-17(30)15(29-32-2)12-6-4-3-5-10(12)9-33-11-7-13(21)16(14(22)8-11)34-20(27,28)18(23)19(24,25)26/h3-8,18H,9H2,1-2H3/b29-15+. The van der Waals surface area contributed by atoms with E-state index in [0.29, 0.717) is 5.56 Å². The average molecular weight is 534 g/mol. The van der Waals surface area contributed by atoms with Crippen molar-refractivity contribution in [3.63, 3.8) is 0 Å². The lowest BCUT2D eigenvalue weighted by atomic mass is 10.0. The summed E-state index contributed by atoms with van der Waals surface area (Å²) in [6, 6.07) is 8.17. The van der Waals surface area contributed by atoms with Crippen molar-refractivity contribution in [1.82, 2.24) is 0 Å². The quantitative estimate of drug-likeness (QED) is 0.172. The van der Waals surface area contributed by atoms with Crippen LogP contribution < -0.4 is 9.47 Å². The van der Waals surface area contributed by atoms with Gasteiger partial charge in [-0.3, -0.25) is 0 Å². The van der Waals surface area contributed by atoms with E-state index in [2.05, 4.69) is 19.5 Å². The summed E-state index contributed by atoms with van der Waals surface area (Å²) in [5.74, 6) is -1.97. The first-order valence-electron chi connectivity index (χ1n) is 8.99. The highest BCUT2D eigenvalue weighted by molar-refractivity contribution is 6.43. The zero-order chi connectivity index (χ0) is 25.7. The van der Waals surface area contributed by atoms with E-state index in [-0.39, 0.29) is 23.6 Å². The number of carbonyl (C=O) groups is 1. The number of rotatable bonds is 9. The van der Waals surface area contributed by atoms with Gasteiger partial charge in [-0.25, -0.2) is 9.18 Å². The van der Waals surface area contributed by atoms with Crippen LogP contribution in [0.25, 0.3) is 0 Å². The zero-order valence-electron chi connectivity index (χ0n) is 17.3. The Morgan fingerprint density at radius 1 is 1.06 bits per heavy atom. The molecule has 0 saturated heterocycles. The number of methoxy groups -OCH3 is 1. The van der Waals surface area contributed by atoms with Crippen LogP contribution in [0.2, 0.25) is 10.0 Å². The van der Waals surface area contributed by atoms with Crippen LogP contribution in [0.5, 0.6) is 11.5 Å². The van der Waals surface area contributed by atoms with Gasteiger partial charge in [0.25, 0.3) is 6.17 Å². The Bertz CT molecular complexity index is 1040. The van der Waals surface area contributed by atoms with Crippen molar-refractivity contribution in [2.45, 2.75) is 25.1 Å². The largest absolute Gasteiger partial charge is 0.489 e. The first-order valence-corrected chi connectivity index (χ1v) is 9.74. The minimum absolute atomic E-state index is 0.101. The summed E-state index contributed by atoms with van der Waals surface area (Å²) < 4.78 is 91.2. The fourth-order valence-electron chi connectivity index (χ4n) is 2.52. The molecule has 0 aliphatic heterocycles. The third-order valence-electron chi connectivity index (χ3n) is 4.02. The molecule has 0 spiro atoms. The van der Waals surface area contributed by atoms with Gasteiger partial charge in [-0.05, 0) is 5.56 Å². The maximum Gasteiger partial charge on any atom is 0.439 e. The highest BCUT2D eigenvalue weighted by Crippen LogP contribution is 2.43. The predicted molar refractivity (Wildman–Crippen MR) is 109 cm³/mol. The second kappa shape index (κ2) is 11.0. The number of hydrogen-bond acceptors (Lipinski definition) is 6. The van der Waals surface area contributed by atoms with E-state index in [1.165, 1.54) is 13.2 Å². The number of ether oxygens (including phenoxy) is 3. The summed E-state index contributed by atoms with van der Waals surface area (Å²) in [7, 11) is 2.36. The maximum absolute atomic E-state index is 13.6. The van der Waals surface area contributed by atoms with Crippen LogP contribution in [0, 0.1) is 0 Å². The van der Waals surface area contributed by atoms with E-state index in [1.54, 1.807) is 18.2 Å². The van der Waals surface area contributed by atoms with Crippen molar-refractivity contribution < 1.29 is 50.2 Å². The topological polar surface area (TPSA) is 66.4 Å². The third-order valence-corrected chi connectivity index (χ3v) is 4.58. The Hall–Kier alpha value is -2.86. The Balaban J connectivity index is 2.27. The molecular weight excluding hydrogens is 519 g/mol. The van der Waals surface area contributed by atoms with Gasteiger partial charge < -0.3 is 19.0 Å². The molecule has 14 heteroatoms. The van der Waals surface area contributed by atoms with Crippen molar-refractivity contribution in [3.8, 4) is 11.5 Å². The van der Waals surface area contributed by atoms with E-state index < -0.39 is 40.2 Å². The molecule has 1 atom stereocenters. The molecule has 0 bridgehead atoms. The summed E-state index contributed by atoms with van der Waals surface area (Å²) in [6.45, 7) is -0.223. The van der Waals surface area contributed by atoms with Crippen molar-refractivity contribution in [2.24, 2.45) is 5.16 Å². The zero-order valence-corrected chi connectivity index (χ0v) is 18.8. The van der Waals surface area contributed by atoms with Crippen molar-refractivity contribution in [1.29, 1.82) is 0 Å². The fourth-order valence-corrected chi connectivity index (χ4v) is 3.06. The SMILES string of the molecule is CO/N=C(/C(=O)OC)c1ccccc1COc1cc(Cl)c(OC(F)(F)C(F)C(F)(F)F)c(Cl)c1. The van der Waals surface area contributed by atoms with Crippen LogP contribution in [-0.4, -0.2) is 44.4 Å². The molecule has 0 saturated carbocycles. The van der Waals surface area contributed by atoms with Gasteiger partial charge in [0.2, 0.25) is 0 Å². The van der Waals surface area contributed by atoms with E-state index >= 15 is 0 Å². The van der Waals surface area contributed by atoms with Crippen LogP contribution >= 0.6 is 23.2 Å². The number of halogens is 8. The van der Waals surface area contributed by atoms with Crippen LogP contribution in [0.1, 0.15) is 11.1 Å². The molecule has 186 valence electrons. The van der Waals surface area contributed by atoms with Gasteiger partial charge in [0.05, 0.1) is 17.2 Å². The Morgan fingerprint density at radius 2 is 1.65 bits per heavy atom. The second-order valence-corrected chi connectivity index (χ2v) is 7.16. The number of benzene rings is 2. The summed E-state index contributed by atoms with van der Waals surface area (Å²) >= 11 is 11.6. The van der Waals surface area contributed by atoms with E-state index in [4.69, 9.17) is 27.9 Å². The van der Waals surface area contributed by atoms with Crippen LogP contribution in [0.15, 0.2) is 41.6 Å². The molecule has 0 aliphatic rings. The Morgan fingerprint density at radius 3 is 2.18 bits per heavy atom. The lowest BCUT2D eigenvalue weighted by Crippen LogP contribution is -2.45. The summed E-state index contributed by atoms with van der Waals surface area (Å²) in [5, 5.41) is 2.30.